The average molecular weight is 240 g/mol. The fraction of sp³-hybridized carbons (Fsp3) is 0.583. The molecule has 0 bridgehead atoms. The standard InChI is InChI=1S/C12H20N2O3/c1-10(11-4-3-8-17-11)13-6-5-12(15)14-7-9-16-2/h3-4,8,10,13H,5-7,9H2,1-2H3,(H,14,15). The van der Waals surface area contributed by atoms with Crippen molar-refractivity contribution in [3.05, 3.63) is 24.2 Å². The summed E-state index contributed by atoms with van der Waals surface area (Å²) in [4.78, 5) is 11.4. The van der Waals surface area contributed by atoms with Gasteiger partial charge in [-0.25, -0.2) is 0 Å². The predicted molar refractivity (Wildman–Crippen MR) is 64.6 cm³/mol. The van der Waals surface area contributed by atoms with Crippen molar-refractivity contribution < 1.29 is 13.9 Å². The third kappa shape index (κ3) is 5.51. The SMILES string of the molecule is COCCNC(=O)CCNC(C)c1ccco1. The topological polar surface area (TPSA) is 63.5 Å². The minimum absolute atomic E-state index is 0.0289. The summed E-state index contributed by atoms with van der Waals surface area (Å²) in [6, 6.07) is 3.89. The largest absolute Gasteiger partial charge is 0.468 e. The molecule has 0 fully saturated rings. The van der Waals surface area contributed by atoms with Gasteiger partial charge in [-0.2, -0.15) is 0 Å². The summed E-state index contributed by atoms with van der Waals surface area (Å²) in [6.07, 6.45) is 2.10. The highest BCUT2D eigenvalue weighted by atomic mass is 16.5. The van der Waals surface area contributed by atoms with Gasteiger partial charge in [0.2, 0.25) is 5.91 Å². The van der Waals surface area contributed by atoms with Crippen LogP contribution in [-0.4, -0.2) is 32.7 Å². The van der Waals surface area contributed by atoms with Crippen molar-refractivity contribution >= 4 is 5.91 Å². The van der Waals surface area contributed by atoms with Gasteiger partial charge in [-0.1, -0.05) is 0 Å². The lowest BCUT2D eigenvalue weighted by molar-refractivity contribution is -0.121. The molecule has 0 aliphatic rings. The summed E-state index contributed by atoms with van der Waals surface area (Å²) in [5.41, 5.74) is 0. The first kappa shape index (κ1) is 13.7. The molecule has 0 saturated carbocycles. The number of carbonyl (C=O) groups is 1. The summed E-state index contributed by atoms with van der Waals surface area (Å²) < 4.78 is 10.1. The van der Waals surface area contributed by atoms with Crippen LogP contribution in [-0.2, 0) is 9.53 Å². The van der Waals surface area contributed by atoms with E-state index in [1.165, 1.54) is 0 Å². The van der Waals surface area contributed by atoms with Crippen molar-refractivity contribution in [1.82, 2.24) is 10.6 Å². The molecule has 0 aliphatic carbocycles. The summed E-state index contributed by atoms with van der Waals surface area (Å²) >= 11 is 0. The third-order valence-electron chi connectivity index (χ3n) is 2.40. The van der Waals surface area contributed by atoms with Crippen molar-refractivity contribution in [3.63, 3.8) is 0 Å². The molecule has 0 spiro atoms. The monoisotopic (exact) mass is 240 g/mol. The van der Waals surface area contributed by atoms with Crippen LogP contribution in [0.4, 0.5) is 0 Å². The first-order valence-electron chi connectivity index (χ1n) is 5.76. The van der Waals surface area contributed by atoms with E-state index in [0.29, 0.717) is 26.1 Å². The Hall–Kier alpha value is -1.33. The van der Waals surface area contributed by atoms with Crippen LogP contribution in [0.1, 0.15) is 25.1 Å². The number of furan rings is 1. The average Bonchev–Trinajstić information content (AvgIpc) is 2.82. The lowest BCUT2D eigenvalue weighted by atomic mass is 10.2. The molecule has 0 saturated heterocycles. The Labute approximate surface area is 102 Å². The Kier molecular flexibility index (Phi) is 6.35. The molecule has 2 N–H and O–H groups in total. The van der Waals surface area contributed by atoms with Crippen LogP contribution in [0.2, 0.25) is 0 Å². The molecule has 17 heavy (non-hydrogen) atoms. The number of ether oxygens (including phenoxy) is 1. The molecule has 1 rings (SSSR count). The van der Waals surface area contributed by atoms with Crippen LogP contribution >= 0.6 is 0 Å². The minimum Gasteiger partial charge on any atom is -0.468 e. The van der Waals surface area contributed by atoms with Crippen molar-refractivity contribution in [3.8, 4) is 0 Å². The maximum atomic E-state index is 11.4. The zero-order valence-corrected chi connectivity index (χ0v) is 10.4. The second-order valence-electron chi connectivity index (χ2n) is 3.78. The van der Waals surface area contributed by atoms with Crippen LogP contribution in [0.15, 0.2) is 22.8 Å². The van der Waals surface area contributed by atoms with Crippen LogP contribution in [0, 0.1) is 0 Å². The number of hydrogen-bond acceptors (Lipinski definition) is 4. The molecule has 0 aliphatic heterocycles. The van der Waals surface area contributed by atoms with Gasteiger partial charge in [-0.05, 0) is 19.1 Å². The van der Waals surface area contributed by atoms with E-state index in [-0.39, 0.29) is 11.9 Å². The molecule has 5 heteroatoms. The van der Waals surface area contributed by atoms with Crippen molar-refractivity contribution in [2.24, 2.45) is 0 Å². The molecular weight excluding hydrogens is 220 g/mol. The highest BCUT2D eigenvalue weighted by Gasteiger charge is 2.07. The van der Waals surface area contributed by atoms with E-state index in [2.05, 4.69) is 10.6 Å². The Balaban J connectivity index is 2.09. The maximum Gasteiger partial charge on any atom is 0.221 e. The van der Waals surface area contributed by atoms with Gasteiger partial charge in [-0.3, -0.25) is 4.79 Å². The number of methoxy groups -OCH3 is 1. The number of amides is 1. The molecule has 0 aromatic carbocycles. The summed E-state index contributed by atoms with van der Waals surface area (Å²) in [5, 5.41) is 5.99. The van der Waals surface area contributed by atoms with E-state index in [9.17, 15) is 4.79 Å². The van der Waals surface area contributed by atoms with Crippen LogP contribution in [0.25, 0.3) is 0 Å². The zero-order valence-electron chi connectivity index (χ0n) is 10.4. The Morgan fingerprint density at radius 2 is 2.35 bits per heavy atom. The fourth-order valence-corrected chi connectivity index (χ4v) is 1.42. The van der Waals surface area contributed by atoms with E-state index in [0.717, 1.165) is 5.76 Å². The van der Waals surface area contributed by atoms with Gasteiger partial charge in [0.15, 0.2) is 0 Å². The molecule has 1 heterocycles. The van der Waals surface area contributed by atoms with Gasteiger partial charge in [-0.15, -0.1) is 0 Å². The molecule has 1 atom stereocenters. The predicted octanol–water partition coefficient (Wildman–Crippen LogP) is 1.08. The Bertz CT molecular complexity index is 312. The zero-order chi connectivity index (χ0) is 12.5. The van der Waals surface area contributed by atoms with Crippen molar-refractivity contribution in [2.45, 2.75) is 19.4 Å². The first-order valence-corrected chi connectivity index (χ1v) is 5.76. The molecule has 1 unspecified atom stereocenters. The number of nitrogens with one attached hydrogen (secondary N) is 2. The highest BCUT2D eigenvalue weighted by molar-refractivity contribution is 5.76. The first-order chi connectivity index (χ1) is 8.24. The van der Waals surface area contributed by atoms with Crippen molar-refractivity contribution in [2.75, 3.05) is 26.8 Å². The van der Waals surface area contributed by atoms with Gasteiger partial charge < -0.3 is 19.8 Å². The van der Waals surface area contributed by atoms with Gasteiger partial charge in [0.1, 0.15) is 5.76 Å². The number of carbonyl (C=O) groups excluding carboxylic acids is 1. The second-order valence-corrected chi connectivity index (χ2v) is 3.78. The smallest absolute Gasteiger partial charge is 0.221 e. The van der Waals surface area contributed by atoms with E-state index in [1.54, 1.807) is 13.4 Å². The Morgan fingerprint density at radius 1 is 1.53 bits per heavy atom. The summed E-state index contributed by atoms with van der Waals surface area (Å²) in [5.74, 6) is 0.908. The van der Waals surface area contributed by atoms with E-state index >= 15 is 0 Å². The van der Waals surface area contributed by atoms with Crippen LogP contribution in [0.3, 0.4) is 0 Å². The molecule has 96 valence electrons. The number of hydrogen-bond donors (Lipinski definition) is 2. The highest BCUT2D eigenvalue weighted by Crippen LogP contribution is 2.11. The minimum atomic E-state index is 0.0289. The normalized spacial score (nSPS) is 12.4. The van der Waals surface area contributed by atoms with Crippen LogP contribution in [0.5, 0.6) is 0 Å². The lowest BCUT2D eigenvalue weighted by Crippen LogP contribution is -2.30. The summed E-state index contributed by atoms with van der Waals surface area (Å²) in [6.45, 7) is 3.73. The van der Waals surface area contributed by atoms with Gasteiger partial charge in [0.25, 0.3) is 0 Å². The molecule has 5 nitrogen and oxygen atoms in total. The lowest BCUT2D eigenvalue weighted by Gasteiger charge is -2.11. The quantitative estimate of drug-likeness (QED) is 0.667. The van der Waals surface area contributed by atoms with E-state index < -0.39 is 0 Å². The Morgan fingerprint density at radius 3 is 3.00 bits per heavy atom. The molecule has 1 aromatic heterocycles. The number of rotatable bonds is 8. The summed E-state index contributed by atoms with van der Waals surface area (Å²) in [7, 11) is 1.61. The molecular formula is C12H20N2O3. The van der Waals surface area contributed by atoms with Crippen LogP contribution < -0.4 is 10.6 Å². The van der Waals surface area contributed by atoms with E-state index in [4.69, 9.17) is 9.15 Å². The van der Waals surface area contributed by atoms with E-state index in [1.807, 2.05) is 19.1 Å². The maximum absolute atomic E-state index is 11.4. The third-order valence-corrected chi connectivity index (χ3v) is 2.40. The van der Waals surface area contributed by atoms with Gasteiger partial charge >= 0.3 is 0 Å². The second kappa shape index (κ2) is 7.86. The molecule has 1 amide bonds. The van der Waals surface area contributed by atoms with Gasteiger partial charge in [0, 0.05) is 26.6 Å². The van der Waals surface area contributed by atoms with Crippen molar-refractivity contribution in [1.29, 1.82) is 0 Å². The molecule has 0 radical (unpaired) electrons. The fourth-order valence-electron chi connectivity index (χ4n) is 1.42. The molecule has 1 aromatic rings. The van der Waals surface area contributed by atoms with Gasteiger partial charge in [0.05, 0.1) is 18.9 Å².